The number of methoxy groups -OCH3 is 1. The maximum Gasteiger partial charge on any atom is 0.307 e. The van der Waals surface area contributed by atoms with E-state index in [0.717, 1.165) is 17.3 Å². The molecule has 0 spiro atoms. The van der Waals surface area contributed by atoms with Crippen LogP contribution in [0.15, 0.2) is 59.1 Å². The van der Waals surface area contributed by atoms with Gasteiger partial charge < -0.3 is 10.1 Å². The molecule has 2 aromatic rings. The summed E-state index contributed by atoms with van der Waals surface area (Å²) in [7, 11) is 1.33. The van der Waals surface area contributed by atoms with Crippen molar-refractivity contribution in [3.63, 3.8) is 0 Å². The van der Waals surface area contributed by atoms with Crippen LogP contribution in [-0.2, 0) is 16.0 Å². The van der Waals surface area contributed by atoms with Crippen LogP contribution in [0.4, 0.5) is 0 Å². The van der Waals surface area contributed by atoms with Gasteiger partial charge >= 0.3 is 5.97 Å². The van der Waals surface area contributed by atoms with E-state index in [4.69, 9.17) is 0 Å². The Balaban J connectivity index is 1.77. The van der Waals surface area contributed by atoms with E-state index in [1.54, 1.807) is 0 Å². The predicted octanol–water partition coefficient (Wildman–Crippen LogP) is 5.02. The van der Waals surface area contributed by atoms with Gasteiger partial charge in [0.15, 0.2) is 0 Å². The van der Waals surface area contributed by atoms with E-state index < -0.39 is 0 Å². The number of nitrogens with one attached hydrogen (secondary N) is 1. The van der Waals surface area contributed by atoms with Gasteiger partial charge in [-0.1, -0.05) is 59.3 Å². The first-order chi connectivity index (χ1) is 13.5. The van der Waals surface area contributed by atoms with Crippen molar-refractivity contribution in [2.45, 2.75) is 26.2 Å². The molecular formula is C23H26BrNO3. The summed E-state index contributed by atoms with van der Waals surface area (Å²) in [5.41, 5.74) is 2.99. The zero-order valence-corrected chi connectivity index (χ0v) is 17.9. The van der Waals surface area contributed by atoms with Gasteiger partial charge in [0.05, 0.1) is 13.5 Å². The van der Waals surface area contributed by atoms with Crippen molar-refractivity contribution in [2.75, 3.05) is 13.7 Å². The van der Waals surface area contributed by atoms with Gasteiger partial charge in [-0.3, -0.25) is 9.59 Å². The fourth-order valence-electron chi connectivity index (χ4n) is 2.64. The van der Waals surface area contributed by atoms with Gasteiger partial charge in [-0.2, -0.15) is 0 Å². The minimum absolute atomic E-state index is 0.173. The Kier molecular flexibility index (Phi) is 8.95. The number of ether oxygens (including phenoxy) is 1. The van der Waals surface area contributed by atoms with Crippen molar-refractivity contribution in [3.8, 4) is 0 Å². The van der Waals surface area contributed by atoms with Gasteiger partial charge in [-0.25, -0.2) is 0 Å². The summed E-state index contributed by atoms with van der Waals surface area (Å²) in [4.78, 5) is 23.1. The van der Waals surface area contributed by atoms with Crippen LogP contribution in [-0.4, -0.2) is 25.5 Å². The summed E-state index contributed by atoms with van der Waals surface area (Å²) in [6.07, 6.45) is 6.55. The maximum atomic E-state index is 12.1. The van der Waals surface area contributed by atoms with Crippen LogP contribution in [0, 0.1) is 5.92 Å². The lowest BCUT2D eigenvalue weighted by molar-refractivity contribution is -0.140. The van der Waals surface area contributed by atoms with Crippen molar-refractivity contribution >= 4 is 33.9 Å². The zero-order chi connectivity index (χ0) is 20.4. The molecule has 1 atom stereocenters. The van der Waals surface area contributed by atoms with E-state index >= 15 is 0 Å². The fourth-order valence-corrected chi connectivity index (χ4v) is 2.91. The summed E-state index contributed by atoms with van der Waals surface area (Å²) < 4.78 is 5.63. The minimum Gasteiger partial charge on any atom is -0.469 e. The van der Waals surface area contributed by atoms with Gasteiger partial charge in [0.1, 0.15) is 0 Å². The topological polar surface area (TPSA) is 55.4 Å². The molecule has 1 amide bonds. The highest BCUT2D eigenvalue weighted by Crippen LogP contribution is 2.15. The number of hydrogen-bond acceptors (Lipinski definition) is 3. The van der Waals surface area contributed by atoms with Crippen molar-refractivity contribution in [1.29, 1.82) is 0 Å². The monoisotopic (exact) mass is 443 g/mol. The Morgan fingerprint density at radius 3 is 2.43 bits per heavy atom. The average Bonchev–Trinajstić information content (AvgIpc) is 2.72. The number of halogens is 1. The summed E-state index contributed by atoms with van der Waals surface area (Å²) in [6.45, 7) is 2.48. The number of benzene rings is 2. The van der Waals surface area contributed by atoms with Crippen molar-refractivity contribution < 1.29 is 14.3 Å². The molecule has 0 aliphatic rings. The quantitative estimate of drug-likeness (QED) is 0.553. The lowest BCUT2D eigenvalue weighted by atomic mass is 9.99. The number of esters is 1. The Bertz CT molecular complexity index is 798. The molecule has 0 fully saturated rings. The number of amides is 1. The van der Waals surface area contributed by atoms with E-state index in [1.807, 2.05) is 36.4 Å². The van der Waals surface area contributed by atoms with Crippen LogP contribution in [0.3, 0.4) is 0 Å². The van der Waals surface area contributed by atoms with E-state index in [2.05, 4.69) is 57.2 Å². The normalized spacial score (nSPS) is 12.0. The van der Waals surface area contributed by atoms with Gasteiger partial charge in [0, 0.05) is 16.6 Å². The second kappa shape index (κ2) is 11.4. The molecule has 28 heavy (non-hydrogen) atoms. The number of allylic oxidation sites excluding steroid dienone is 1. The minimum atomic E-state index is -0.334. The third-order valence-corrected chi connectivity index (χ3v) is 4.96. The molecule has 0 saturated heterocycles. The summed E-state index contributed by atoms with van der Waals surface area (Å²) in [5, 5.41) is 2.72. The lowest BCUT2D eigenvalue weighted by Gasteiger charge is -2.08. The van der Waals surface area contributed by atoms with Crippen molar-refractivity contribution in [3.05, 3.63) is 75.8 Å². The number of carbonyl (C=O) groups is 2. The number of rotatable bonds is 9. The Morgan fingerprint density at radius 1 is 1.11 bits per heavy atom. The summed E-state index contributed by atoms with van der Waals surface area (Å²) in [6, 6.07) is 15.9. The number of carbonyl (C=O) groups excluding carboxylic acids is 2. The van der Waals surface area contributed by atoms with Crippen LogP contribution in [0.1, 0.15) is 41.3 Å². The highest BCUT2D eigenvalue weighted by atomic mass is 79.9. The molecule has 5 heteroatoms. The molecule has 0 aromatic heterocycles. The van der Waals surface area contributed by atoms with Crippen LogP contribution in [0.25, 0.3) is 6.08 Å². The van der Waals surface area contributed by atoms with E-state index in [1.165, 1.54) is 18.2 Å². The fraction of sp³-hybridized carbons (Fsp3) is 0.304. The molecule has 0 aliphatic heterocycles. The van der Waals surface area contributed by atoms with E-state index in [0.29, 0.717) is 11.5 Å². The highest BCUT2D eigenvalue weighted by Gasteiger charge is 2.07. The van der Waals surface area contributed by atoms with Crippen molar-refractivity contribution in [1.82, 2.24) is 5.32 Å². The molecule has 0 bridgehead atoms. The van der Waals surface area contributed by atoms with E-state index in [9.17, 15) is 9.59 Å². The molecule has 4 nitrogen and oxygen atoms in total. The average molecular weight is 444 g/mol. The molecule has 2 aromatic carbocycles. The molecule has 0 radical (unpaired) electrons. The molecule has 0 saturated carbocycles. The third-order valence-electron chi connectivity index (χ3n) is 4.43. The number of aryl methyl sites for hydroxylation is 1. The molecule has 148 valence electrons. The number of hydrogen-bond donors (Lipinski definition) is 1. The first-order valence-corrected chi connectivity index (χ1v) is 10.1. The third kappa shape index (κ3) is 7.69. The standard InChI is InChI=1S/C23H26BrNO3/c1-17(4-6-19-9-13-21(24)14-10-19)3-5-18-7-11-20(12-8-18)23(27)25-16-15-22(26)28-2/h4,6-14,17H,3,5,15-16H2,1-2H3,(H,25,27). The first-order valence-electron chi connectivity index (χ1n) is 9.35. The van der Waals surface area contributed by atoms with Crippen LogP contribution < -0.4 is 5.32 Å². The Labute approximate surface area is 175 Å². The van der Waals surface area contributed by atoms with Gasteiger partial charge in [-0.05, 0) is 54.2 Å². The van der Waals surface area contributed by atoms with Crippen LogP contribution in [0.5, 0.6) is 0 Å². The lowest BCUT2D eigenvalue weighted by Crippen LogP contribution is -2.26. The molecule has 0 aliphatic carbocycles. The molecule has 0 heterocycles. The predicted molar refractivity (Wildman–Crippen MR) is 116 cm³/mol. The molecular weight excluding hydrogens is 418 g/mol. The molecule has 1 N–H and O–H groups in total. The smallest absolute Gasteiger partial charge is 0.307 e. The van der Waals surface area contributed by atoms with E-state index in [-0.39, 0.29) is 24.8 Å². The SMILES string of the molecule is COC(=O)CCNC(=O)c1ccc(CCC(C)C=Cc2ccc(Br)cc2)cc1. The van der Waals surface area contributed by atoms with Crippen molar-refractivity contribution in [2.24, 2.45) is 5.92 Å². The zero-order valence-electron chi connectivity index (χ0n) is 16.3. The molecule has 2 rings (SSSR count). The second-order valence-electron chi connectivity index (χ2n) is 6.71. The van der Waals surface area contributed by atoms with Crippen LogP contribution >= 0.6 is 15.9 Å². The second-order valence-corrected chi connectivity index (χ2v) is 7.62. The first kappa shape index (κ1) is 21.9. The summed E-state index contributed by atoms with van der Waals surface area (Å²) in [5.74, 6) is -0.0508. The van der Waals surface area contributed by atoms with Gasteiger partial charge in [0.25, 0.3) is 5.91 Å². The van der Waals surface area contributed by atoms with Gasteiger partial charge in [-0.15, -0.1) is 0 Å². The largest absolute Gasteiger partial charge is 0.469 e. The molecule has 1 unspecified atom stereocenters. The summed E-state index contributed by atoms with van der Waals surface area (Å²) >= 11 is 3.44. The highest BCUT2D eigenvalue weighted by molar-refractivity contribution is 9.10. The Hall–Kier alpha value is -2.40. The van der Waals surface area contributed by atoms with Crippen LogP contribution in [0.2, 0.25) is 0 Å². The van der Waals surface area contributed by atoms with Gasteiger partial charge in [0.2, 0.25) is 0 Å². The Morgan fingerprint density at radius 2 is 1.79 bits per heavy atom. The maximum absolute atomic E-state index is 12.1.